The molecule has 1 aliphatic heterocycles. The average molecular weight is 352 g/mol. The number of ether oxygens (including phenoxy) is 2. The Balaban J connectivity index is 1.43. The highest BCUT2D eigenvalue weighted by atomic mass is 19.1. The average Bonchev–Trinajstić information content (AvgIpc) is 3.10. The fraction of sp³-hybridized carbons (Fsp3) is 0.0556. The van der Waals surface area contributed by atoms with Gasteiger partial charge in [0, 0.05) is 29.8 Å². The Morgan fingerprint density at radius 1 is 1.00 bits per heavy atom. The Labute approximate surface area is 147 Å². The maximum absolute atomic E-state index is 13.2. The van der Waals surface area contributed by atoms with E-state index in [1.54, 1.807) is 30.3 Å². The van der Waals surface area contributed by atoms with E-state index in [0.717, 1.165) is 0 Å². The summed E-state index contributed by atoms with van der Waals surface area (Å²) < 4.78 is 23.7. The Bertz CT molecular complexity index is 963. The molecular formula is C18H13FN4O3. The van der Waals surface area contributed by atoms with Gasteiger partial charge in [-0.2, -0.15) is 0 Å². The quantitative estimate of drug-likeness (QED) is 0.749. The number of nitrogens with one attached hydrogen (secondary N) is 2. The summed E-state index contributed by atoms with van der Waals surface area (Å²) in [4.78, 5) is 20.4. The summed E-state index contributed by atoms with van der Waals surface area (Å²) in [7, 11) is 0. The molecule has 0 radical (unpaired) electrons. The number of anilines is 3. The van der Waals surface area contributed by atoms with Gasteiger partial charge in [-0.05, 0) is 30.3 Å². The van der Waals surface area contributed by atoms with Crippen molar-refractivity contribution in [2.75, 3.05) is 17.4 Å². The Morgan fingerprint density at radius 3 is 2.62 bits per heavy atom. The summed E-state index contributed by atoms with van der Waals surface area (Å²) in [6.07, 6.45) is 2.77. The van der Waals surface area contributed by atoms with E-state index in [-0.39, 0.29) is 30.0 Å². The molecule has 1 aromatic heterocycles. The van der Waals surface area contributed by atoms with Crippen molar-refractivity contribution in [3.05, 3.63) is 66.2 Å². The summed E-state index contributed by atoms with van der Waals surface area (Å²) in [5.74, 6) is 0.749. The largest absolute Gasteiger partial charge is 0.454 e. The zero-order chi connectivity index (χ0) is 17.9. The smallest absolute Gasteiger partial charge is 0.258 e. The van der Waals surface area contributed by atoms with Crippen LogP contribution in [0.1, 0.15) is 10.4 Å². The molecule has 26 heavy (non-hydrogen) atoms. The Kier molecular flexibility index (Phi) is 4.06. The molecular weight excluding hydrogens is 339 g/mol. The minimum Gasteiger partial charge on any atom is -0.454 e. The van der Waals surface area contributed by atoms with E-state index in [0.29, 0.717) is 22.9 Å². The summed E-state index contributed by atoms with van der Waals surface area (Å²) in [6, 6.07) is 11.0. The van der Waals surface area contributed by atoms with Crippen LogP contribution in [0.3, 0.4) is 0 Å². The molecule has 0 saturated heterocycles. The second-order valence-corrected chi connectivity index (χ2v) is 5.45. The van der Waals surface area contributed by atoms with Gasteiger partial charge in [0.25, 0.3) is 5.91 Å². The minimum absolute atomic E-state index is 0.167. The number of amides is 1. The van der Waals surface area contributed by atoms with Crippen LogP contribution < -0.4 is 20.1 Å². The molecule has 8 heteroatoms. The lowest BCUT2D eigenvalue weighted by Gasteiger charge is -2.07. The van der Waals surface area contributed by atoms with E-state index in [1.807, 2.05) is 0 Å². The van der Waals surface area contributed by atoms with Crippen molar-refractivity contribution in [2.45, 2.75) is 0 Å². The van der Waals surface area contributed by atoms with E-state index >= 15 is 0 Å². The maximum Gasteiger partial charge on any atom is 0.258 e. The van der Waals surface area contributed by atoms with Crippen molar-refractivity contribution in [1.82, 2.24) is 9.97 Å². The fourth-order valence-corrected chi connectivity index (χ4v) is 2.38. The predicted molar refractivity (Wildman–Crippen MR) is 92.2 cm³/mol. The Morgan fingerprint density at radius 2 is 1.81 bits per heavy atom. The van der Waals surface area contributed by atoms with Gasteiger partial charge in [0.15, 0.2) is 11.5 Å². The van der Waals surface area contributed by atoms with E-state index in [9.17, 15) is 9.18 Å². The van der Waals surface area contributed by atoms with Gasteiger partial charge in [0.05, 0.1) is 5.56 Å². The van der Waals surface area contributed by atoms with Crippen LogP contribution in [-0.4, -0.2) is 22.7 Å². The molecule has 0 bridgehead atoms. The molecule has 4 rings (SSSR count). The summed E-state index contributed by atoms with van der Waals surface area (Å²) in [5.41, 5.74) is 1.37. The molecule has 7 nitrogen and oxygen atoms in total. The first kappa shape index (κ1) is 15.8. The van der Waals surface area contributed by atoms with Gasteiger partial charge < -0.3 is 20.1 Å². The highest BCUT2D eigenvalue weighted by Crippen LogP contribution is 2.34. The number of aromatic nitrogens is 2. The van der Waals surface area contributed by atoms with Crippen LogP contribution in [0.2, 0.25) is 0 Å². The zero-order valence-electron chi connectivity index (χ0n) is 13.4. The molecule has 2 aromatic carbocycles. The highest BCUT2D eigenvalue weighted by Gasteiger charge is 2.15. The number of carbonyl (C=O) groups excluding carboxylic acids is 1. The minimum atomic E-state index is -0.366. The van der Waals surface area contributed by atoms with Crippen molar-refractivity contribution in [1.29, 1.82) is 0 Å². The first-order valence-corrected chi connectivity index (χ1v) is 7.73. The van der Waals surface area contributed by atoms with Gasteiger partial charge in [-0.15, -0.1) is 0 Å². The number of hydrogen-bond acceptors (Lipinski definition) is 6. The van der Waals surface area contributed by atoms with Crippen molar-refractivity contribution in [3.8, 4) is 11.5 Å². The molecule has 1 amide bonds. The first-order valence-electron chi connectivity index (χ1n) is 7.73. The molecule has 0 fully saturated rings. The van der Waals surface area contributed by atoms with Crippen molar-refractivity contribution in [3.63, 3.8) is 0 Å². The molecule has 2 N–H and O–H groups in total. The van der Waals surface area contributed by atoms with Crippen LogP contribution >= 0.6 is 0 Å². The third-order valence-corrected chi connectivity index (χ3v) is 3.63. The maximum atomic E-state index is 13.2. The summed E-state index contributed by atoms with van der Waals surface area (Å²) in [5, 5.41) is 5.60. The van der Waals surface area contributed by atoms with Crippen LogP contribution in [0.25, 0.3) is 0 Å². The molecule has 2 heterocycles. The second-order valence-electron chi connectivity index (χ2n) is 5.45. The van der Waals surface area contributed by atoms with Crippen molar-refractivity contribution in [2.24, 2.45) is 0 Å². The summed E-state index contributed by atoms with van der Waals surface area (Å²) in [6.45, 7) is 0.167. The van der Waals surface area contributed by atoms with Crippen LogP contribution in [0, 0.1) is 5.82 Å². The molecule has 130 valence electrons. The molecule has 1 aliphatic rings. The van der Waals surface area contributed by atoms with Crippen molar-refractivity contribution < 1.29 is 18.7 Å². The van der Waals surface area contributed by atoms with Crippen molar-refractivity contribution >= 4 is 23.2 Å². The van der Waals surface area contributed by atoms with Gasteiger partial charge >= 0.3 is 0 Å². The summed E-state index contributed by atoms with van der Waals surface area (Å²) >= 11 is 0. The lowest BCUT2D eigenvalue weighted by molar-refractivity contribution is 0.102. The van der Waals surface area contributed by atoms with Crippen LogP contribution in [0.15, 0.2) is 54.9 Å². The number of benzene rings is 2. The van der Waals surface area contributed by atoms with Crippen LogP contribution in [-0.2, 0) is 0 Å². The SMILES string of the molecule is O=C(Nc1ccc2c(c1)OCO2)c1cnc(Nc2cccc(F)c2)nc1. The molecule has 0 spiro atoms. The van der Waals surface area contributed by atoms with E-state index < -0.39 is 0 Å². The van der Waals surface area contributed by atoms with E-state index in [2.05, 4.69) is 20.6 Å². The number of hydrogen-bond donors (Lipinski definition) is 2. The molecule has 0 aliphatic carbocycles. The molecule has 3 aromatic rings. The predicted octanol–water partition coefficient (Wildman–Crippen LogP) is 3.34. The van der Waals surface area contributed by atoms with E-state index in [1.165, 1.54) is 24.5 Å². The number of nitrogens with zero attached hydrogens (tertiary/aromatic N) is 2. The second kappa shape index (κ2) is 6.67. The van der Waals surface area contributed by atoms with Gasteiger partial charge in [-0.1, -0.05) is 6.07 Å². The monoisotopic (exact) mass is 352 g/mol. The Hall–Kier alpha value is -3.68. The zero-order valence-corrected chi connectivity index (χ0v) is 13.4. The lowest BCUT2D eigenvalue weighted by Crippen LogP contribution is -2.13. The number of rotatable bonds is 4. The van der Waals surface area contributed by atoms with Gasteiger partial charge in [0.2, 0.25) is 12.7 Å². The lowest BCUT2D eigenvalue weighted by atomic mass is 10.2. The first-order chi connectivity index (χ1) is 12.7. The number of fused-ring (bicyclic) bond motifs is 1. The van der Waals surface area contributed by atoms with Crippen LogP contribution in [0.4, 0.5) is 21.7 Å². The highest BCUT2D eigenvalue weighted by molar-refractivity contribution is 6.04. The van der Waals surface area contributed by atoms with Gasteiger partial charge in [0.1, 0.15) is 5.82 Å². The number of halogens is 1. The molecule has 0 saturated carbocycles. The van der Waals surface area contributed by atoms with Crippen LogP contribution in [0.5, 0.6) is 11.5 Å². The standard InChI is InChI=1S/C18H13FN4O3/c19-12-2-1-3-13(6-12)23-18-20-8-11(9-21-18)17(24)22-14-4-5-15-16(7-14)26-10-25-15/h1-9H,10H2,(H,22,24)(H,20,21,23). The van der Waals surface area contributed by atoms with E-state index in [4.69, 9.17) is 9.47 Å². The third kappa shape index (κ3) is 3.39. The topological polar surface area (TPSA) is 85.4 Å². The molecule has 0 unspecified atom stereocenters. The normalized spacial score (nSPS) is 11.9. The fourth-order valence-electron chi connectivity index (χ4n) is 2.38. The third-order valence-electron chi connectivity index (χ3n) is 3.63. The molecule has 0 atom stereocenters. The van der Waals surface area contributed by atoms with Gasteiger partial charge in [-0.3, -0.25) is 4.79 Å². The number of carbonyl (C=O) groups is 1. The van der Waals surface area contributed by atoms with Gasteiger partial charge in [-0.25, -0.2) is 14.4 Å².